The van der Waals surface area contributed by atoms with Crippen molar-refractivity contribution in [1.29, 1.82) is 0 Å². The van der Waals surface area contributed by atoms with Crippen LogP contribution in [-0.2, 0) is 17.9 Å². The van der Waals surface area contributed by atoms with E-state index in [1.165, 1.54) is 11.7 Å². The number of carbonyl (C=O) groups excluding carboxylic acids is 1. The number of ether oxygens (including phenoxy) is 1. The Hall–Kier alpha value is -2.51. The summed E-state index contributed by atoms with van der Waals surface area (Å²) in [5, 5.41) is 0. The van der Waals surface area contributed by atoms with E-state index in [9.17, 15) is 4.79 Å². The molecule has 2 heterocycles. The average molecular weight is 368 g/mol. The Morgan fingerprint density at radius 2 is 2.08 bits per heavy atom. The van der Waals surface area contributed by atoms with Crippen LogP contribution >= 0.6 is 11.7 Å². The summed E-state index contributed by atoms with van der Waals surface area (Å²) in [6.07, 6.45) is 0. The predicted molar refractivity (Wildman–Crippen MR) is 101 cm³/mol. The van der Waals surface area contributed by atoms with E-state index in [1.54, 1.807) is 4.90 Å². The minimum Gasteiger partial charge on any atom is -0.492 e. The molecule has 0 fully saturated rings. The van der Waals surface area contributed by atoms with Crippen LogP contribution in [0.5, 0.6) is 5.75 Å². The maximum absolute atomic E-state index is 12.7. The van der Waals surface area contributed by atoms with E-state index in [-0.39, 0.29) is 5.91 Å². The van der Waals surface area contributed by atoms with Gasteiger partial charge in [0.15, 0.2) is 0 Å². The molecule has 1 aromatic heterocycles. The van der Waals surface area contributed by atoms with Gasteiger partial charge in [0, 0.05) is 32.2 Å². The summed E-state index contributed by atoms with van der Waals surface area (Å²) in [4.78, 5) is 16.6. The molecule has 1 aliphatic heterocycles. The molecule has 0 atom stereocenters. The Balaban J connectivity index is 1.39. The number of hydrogen-bond acceptors (Lipinski definition) is 6. The highest BCUT2D eigenvalue weighted by Crippen LogP contribution is 2.22. The number of para-hydroxylation sites is 1. The largest absolute Gasteiger partial charge is 0.492 e. The highest BCUT2D eigenvalue weighted by atomic mass is 32.1. The number of carbonyl (C=O) groups is 1. The maximum atomic E-state index is 12.7. The Labute approximate surface area is 156 Å². The summed E-state index contributed by atoms with van der Waals surface area (Å²) in [6, 6.07) is 14.0. The predicted octanol–water partition coefficient (Wildman–Crippen LogP) is 2.54. The molecular formula is C19H20N4O2S. The van der Waals surface area contributed by atoms with Crippen LogP contribution in [0.3, 0.4) is 0 Å². The zero-order chi connectivity index (χ0) is 17.9. The molecule has 3 aromatic rings. The van der Waals surface area contributed by atoms with Crippen molar-refractivity contribution in [3.05, 3.63) is 53.6 Å². The Morgan fingerprint density at radius 1 is 1.23 bits per heavy atom. The van der Waals surface area contributed by atoms with Gasteiger partial charge < -0.3 is 9.64 Å². The maximum Gasteiger partial charge on any atom is 0.236 e. The Kier molecular flexibility index (Phi) is 4.81. The van der Waals surface area contributed by atoms with Crippen LogP contribution in [0.1, 0.15) is 11.1 Å². The van der Waals surface area contributed by atoms with Gasteiger partial charge in [0.1, 0.15) is 23.4 Å². The van der Waals surface area contributed by atoms with Crippen LogP contribution < -0.4 is 4.74 Å². The molecule has 134 valence electrons. The lowest BCUT2D eigenvalue weighted by atomic mass is 10.2. The minimum atomic E-state index is 0.0980. The van der Waals surface area contributed by atoms with Crippen molar-refractivity contribution in [2.75, 3.05) is 26.7 Å². The first-order chi connectivity index (χ1) is 12.7. The molecule has 1 amide bonds. The van der Waals surface area contributed by atoms with Crippen molar-refractivity contribution in [3.63, 3.8) is 0 Å². The first-order valence-corrected chi connectivity index (χ1v) is 9.30. The summed E-state index contributed by atoms with van der Waals surface area (Å²) in [7, 11) is 1.84. The van der Waals surface area contributed by atoms with E-state index in [0.717, 1.165) is 41.0 Å². The van der Waals surface area contributed by atoms with Crippen LogP contribution in [0.4, 0.5) is 0 Å². The number of amides is 1. The molecule has 0 N–H and O–H groups in total. The van der Waals surface area contributed by atoms with Crippen LogP contribution in [0.2, 0.25) is 0 Å². The van der Waals surface area contributed by atoms with Crippen LogP contribution in [0.15, 0.2) is 42.5 Å². The fraction of sp³-hybridized carbons (Fsp3) is 0.316. The summed E-state index contributed by atoms with van der Waals surface area (Å²) < 4.78 is 14.2. The third-order valence-corrected chi connectivity index (χ3v) is 5.11. The molecule has 6 nitrogen and oxygen atoms in total. The molecule has 1 aliphatic rings. The van der Waals surface area contributed by atoms with E-state index >= 15 is 0 Å². The smallest absolute Gasteiger partial charge is 0.236 e. The topological polar surface area (TPSA) is 58.6 Å². The van der Waals surface area contributed by atoms with Gasteiger partial charge in [-0.2, -0.15) is 8.75 Å². The van der Waals surface area contributed by atoms with Gasteiger partial charge in [-0.25, -0.2) is 0 Å². The number of likely N-dealkylation sites (N-methyl/N-ethyl adjacent to an activating group) is 1. The molecule has 0 unspecified atom stereocenters. The first kappa shape index (κ1) is 16.9. The fourth-order valence-corrected chi connectivity index (χ4v) is 3.63. The van der Waals surface area contributed by atoms with Crippen LogP contribution in [0, 0.1) is 0 Å². The van der Waals surface area contributed by atoms with Gasteiger partial charge in [-0.05, 0) is 23.8 Å². The molecule has 7 heteroatoms. The highest BCUT2D eigenvalue weighted by molar-refractivity contribution is 7.00. The van der Waals surface area contributed by atoms with Crippen molar-refractivity contribution in [2.45, 2.75) is 13.1 Å². The molecule has 2 aromatic carbocycles. The second kappa shape index (κ2) is 7.39. The number of fused-ring (bicyclic) bond motifs is 2. The van der Waals surface area contributed by atoms with Gasteiger partial charge in [-0.3, -0.25) is 9.69 Å². The molecule has 0 bridgehead atoms. The molecule has 0 aliphatic carbocycles. The second-order valence-electron chi connectivity index (χ2n) is 6.50. The van der Waals surface area contributed by atoms with E-state index in [0.29, 0.717) is 19.7 Å². The third-order valence-electron chi connectivity index (χ3n) is 4.55. The first-order valence-electron chi connectivity index (χ1n) is 8.57. The summed E-state index contributed by atoms with van der Waals surface area (Å²) in [6.45, 7) is 3.01. The lowest BCUT2D eigenvalue weighted by molar-refractivity contribution is -0.131. The van der Waals surface area contributed by atoms with Crippen molar-refractivity contribution in [1.82, 2.24) is 18.5 Å². The van der Waals surface area contributed by atoms with E-state index in [1.807, 2.05) is 43.4 Å². The van der Waals surface area contributed by atoms with E-state index in [2.05, 4.69) is 19.7 Å². The second-order valence-corrected chi connectivity index (χ2v) is 7.03. The van der Waals surface area contributed by atoms with Crippen molar-refractivity contribution in [3.8, 4) is 5.75 Å². The highest BCUT2D eigenvalue weighted by Gasteiger charge is 2.19. The molecule has 0 radical (unpaired) electrons. The average Bonchev–Trinajstić information content (AvgIpc) is 3.01. The summed E-state index contributed by atoms with van der Waals surface area (Å²) >= 11 is 1.21. The zero-order valence-corrected chi connectivity index (χ0v) is 15.4. The quantitative estimate of drug-likeness (QED) is 0.708. The third kappa shape index (κ3) is 3.68. The van der Waals surface area contributed by atoms with Crippen LogP contribution in [0.25, 0.3) is 11.0 Å². The molecule has 26 heavy (non-hydrogen) atoms. The number of nitrogens with zero attached hydrogens (tertiary/aromatic N) is 4. The van der Waals surface area contributed by atoms with Crippen molar-refractivity contribution < 1.29 is 9.53 Å². The lowest BCUT2D eigenvalue weighted by Crippen LogP contribution is -2.38. The normalized spacial score (nSPS) is 14.5. The number of benzene rings is 2. The zero-order valence-electron chi connectivity index (χ0n) is 14.6. The van der Waals surface area contributed by atoms with Gasteiger partial charge in [0.2, 0.25) is 5.91 Å². The number of rotatable bonds is 4. The summed E-state index contributed by atoms with van der Waals surface area (Å²) in [5.41, 5.74) is 3.97. The molecule has 4 rings (SSSR count). The van der Waals surface area contributed by atoms with Crippen molar-refractivity contribution in [2.24, 2.45) is 0 Å². The van der Waals surface area contributed by atoms with Gasteiger partial charge in [-0.15, -0.1) is 0 Å². The number of aromatic nitrogens is 2. The van der Waals surface area contributed by atoms with Gasteiger partial charge in [-0.1, -0.05) is 24.3 Å². The van der Waals surface area contributed by atoms with Gasteiger partial charge in [0.05, 0.1) is 18.3 Å². The van der Waals surface area contributed by atoms with E-state index in [4.69, 9.17) is 4.74 Å². The van der Waals surface area contributed by atoms with E-state index < -0.39 is 0 Å². The monoisotopic (exact) mass is 368 g/mol. The lowest BCUT2D eigenvalue weighted by Gasteiger charge is -2.23. The SMILES string of the molecule is CN(Cc1ccc2nsnc2c1)C(=O)CN1CCOc2ccccc2C1. The fourth-order valence-electron chi connectivity index (χ4n) is 3.11. The minimum absolute atomic E-state index is 0.0980. The molecular weight excluding hydrogens is 348 g/mol. The number of hydrogen-bond donors (Lipinski definition) is 0. The molecule has 0 saturated heterocycles. The Morgan fingerprint density at radius 3 is 3.00 bits per heavy atom. The Bertz CT molecular complexity index is 927. The van der Waals surface area contributed by atoms with Crippen molar-refractivity contribution >= 4 is 28.7 Å². The molecule has 0 saturated carbocycles. The standard InChI is InChI=1S/C19H20N4O2S/c1-22(11-14-6-7-16-17(10-14)21-26-20-16)19(24)13-23-8-9-25-18-5-3-2-4-15(18)12-23/h2-7,10H,8-9,11-13H2,1H3. The summed E-state index contributed by atoms with van der Waals surface area (Å²) in [5.74, 6) is 1.02. The van der Waals surface area contributed by atoms with Gasteiger partial charge in [0.25, 0.3) is 0 Å². The van der Waals surface area contributed by atoms with Gasteiger partial charge >= 0.3 is 0 Å². The van der Waals surface area contributed by atoms with Crippen LogP contribution in [-0.4, -0.2) is 51.2 Å². The molecule has 0 spiro atoms.